The van der Waals surface area contributed by atoms with E-state index in [9.17, 15) is 0 Å². The molecule has 8 heteroatoms. The Hall–Kier alpha value is 1.18. The van der Waals surface area contributed by atoms with Gasteiger partial charge in [-0.05, 0) is 37.3 Å². The Morgan fingerprint density at radius 2 is 1.11 bits per heavy atom. The maximum Gasteiger partial charge on any atom is 0.216 e. The smallest absolute Gasteiger partial charge is 0.216 e. The molecule has 0 aromatic heterocycles. The van der Waals surface area contributed by atoms with E-state index in [4.69, 9.17) is 9.47 Å². The number of rotatable bonds is 6. The van der Waals surface area contributed by atoms with Gasteiger partial charge in [-0.1, -0.05) is 51.9 Å². The van der Waals surface area contributed by atoms with Crippen LogP contribution in [0.1, 0.15) is 39.5 Å². The average molecular weight is 367 g/mol. The van der Waals surface area contributed by atoms with Gasteiger partial charge >= 0.3 is 0 Å². The van der Waals surface area contributed by atoms with Crippen molar-refractivity contribution in [1.82, 2.24) is 0 Å². The minimum absolute atomic E-state index is 0.346. The van der Waals surface area contributed by atoms with E-state index in [2.05, 4.69) is 86.9 Å². The van der Waals surface area contributed by atoms with Crippen LogP contribution in [0.15, 0.2) is 0 Å². The first-order valence-electron chi connectivity index (χ1n) is 5.46. The van der Waals surface area contributed by atoms with Crippen molar-refractivity contribution in [2.75, 3.05) is 13.2 Å². The maximum atomic E-state index is 4.88. The second-order valence-corrected chi connectivity index (χ2v) is 5.09. The fraction of sp³-hybridized carbons (Fsp3) is 0.800. The van der Waals surface area contributed by atoms with Crippen molar-refractivity contribution < 1.29 is 9.47 Å². The zero-order chi connectivity index (χ0) is 14.8. The lowest BCUT2D eigenvalue weighted by Gasteiger charge is -1.98. The lowest BCUT2D eigenvalue weighted by Crippen LogP contribution is -1.94. The van der Waals surface area contributed by atoms with Gasteiger partial charge in [-0.2, -0.15) is 0 Å². The van der Waals surface area contributed by atoms with Crippen molar-refractivity contribution in [3.8, 4) is 0 Å². The number of unbranched alkanes of at least 4 members (excludes halogenated alkanes) is 2. The van der Waals surface area contributed by atoms with Crippen molar-refractivity contribution in [2.45, 2.75) is 39.5 Å². The van der Waals surface area contributed by atoms with Crippen molar-refractivity contribution in [2.24, 2.45) is 0 Å². The molecule has 2 nitrogen and oxygen atoms in total. The van der Waals surface area contributed by atoms with Gasteiger partial charge in [0.2, 0.25) is 8.77 Å². The highest BCUT2D eigenvalue weighted by Crippen LogP contribution is 1.92. The fourth-order valence-electron chi connectivity index (χ4n) is 0.608. The summed E-state index contributed by atoms with van der Waals surface area (Å²) >= 11 is 23.1. The van der Waals surface area contributed by atoms with E-state index in [1.54, 1.807) is 0 Å². The van der Waals surface area contributed by atoms with Gasteiger partial charge in [-0.3, -0.25) is 0 Å². The molecule has 0 rings (SSSR count). The summed E-state index contributed by atoms with van der Waals surface area (Å²) in [5.74, 6) is 0. The molecule has 0 heterocycles. The standard InChI is InChI=1S/2C5H10OS2.H2S2/c2*1-2-3-4-6-5(7)8;1-2/h2*2-4H2,1H3,(H,7,8);1-2H. The van der Waals surface area contributed by atoms with Gasteiger partial charge in [0.25, 0.3) is 0 Å². The molecule has 0 aliphatic rings. The van der Waals surface area contributed by atoms with Crippen LogP contribution in [-0.2, 0) is 9.47 Å². The summed E-state index contributed by atoms with van der Waals surface area (Å²) in [6, 6.07) is 0. The first-order chi connectivity index (χ1) is 8.54. The minimum Gasteiger partial charge on any atom is -0.479 e. The molecule has 0 amide bonds. The number of hydrogen-bond donors (Lipinski definition) is 4. The van der Waals surface area contributed by atoms with E-state index in [0.717, 1.165) is 25.7 Å². The maximum absolute atomic E-state index is 4.88. The topological polar surface area (TPSA) is 18.5 Å². The molecule has 0 aliphatic carbocycles. The van der Waals surface area contributed by atoms with Gasteiger partial charge < -0.3 is 9.47 Å². The van der Waals surface area contributed by atoms with Gasteiger partial charge in [-0.25, -0.2) is 0 Å². The Labute approximate surface area is 143 Å². The molecule has 0 unspecified atom stereocenters. The van der Waals surface area contributed by atoms with Gasteiger partial charge in [0.1, 0.15) is 0 Å². The van der Waals surface area contributed by atoms with E-state index in [0.29, 0.717) is 22.0 Å². The monoisotopic (exact) mass is 366 g/mol. The molecule has 0 aromatic carbocycles. The number of hydrogen-bond acceptors (Lipinski definition) is 6. The van der Waals surface area contributed by atoms with E-state index < -0.39 is 0 Å². The Kier molecular flexibility index (Phi) is 31.3. The SMILES string of the molecule is CCCCOC(=S)S.CCCCOC(=S)S.SS. The van der Waals surface area contributed by atoms with Gasteiger partial charge in [-0.15, -0.1) is 23.3 Å². The van der Waals surface area contributed by atoms with E-state index in [-0.39, 0.29) is 0 Å². The third-order valence-corrected chi connectivity index (χ3v) is 1.94. The summed E-state index contributed by atoms with van der Waals surface area (Å²) in [4.78, 5) is 0. The van der Waals surface area contributed by atoms with Crippen LogP contribution < -0.4 is 0 Å². The van der Waals surface area contributed by atoms with E-state index in [1.807, 2.05) is 0 Å². The third-order valence-electron chi connectivity index (χ3n) is 1.45. The molecule has 0 N–H and O–H groups in total. The second-order valence-electron chi connectivity index (χ2n) is 2.94. The fourth-order valence-corrected chi connectivity index (χ4v) is 0.957. The zero-order valence-corrected chi connectivity index (χ0v) is 15.9. The van der Waals surface area contributed by atoms with Gasteiger partial charge in [0.05, 0.1) is 13.2 Å². The predicted octanol–water partition coefficient (Wildman–Crippen LogP) is 4.80. The second kappa shape index (κ2) is 23.3. The zero-order valence-electron chi connectivity index (χ0n) is 10.7. The minimum atomic E-state index is 0.346. The first kappa shape index (κ1) is 24.2. The predicted molar refractivity (Wildman–Crippen MR) is 103 cm³/mol. The summed E-state index contributed by atoms with van der Waals surface area (Å²) < 4.78 is 10.4. The average Bonchev–Trinajstić information content (AvgIpc) is 2.32. The van der Waals surface area contributed by atoms with Crippen LogP contribution in [0, 0.1) is 0 Å². The Morgan fingerprint density at radius 1 is 0.833 bits per heavy atom. The highest BCUT2D eigenvalue weighted by molar-refractivity contribution is 8.59. The Morgan fingerprint density at radius 3 is 1.28 bits per heavy atom. The van der Waals surface area contributed by atoms with Crippen LogP contribution >= 0.6 is 73.0 Å². The molecule has 0 atom stereocenters. The summed E-state index contributed by atoms with van der Waals surface area (Å²) in [6.45, 7) is 5.62. The molecule has 0 aliphatic heterocycles. The van der Waals surface area contributed by atoms with Crippen molar-refractivity contribution in [3.63, 3.8) is 0 Å². The molecular formula is C10H22O2S6. The van der Waals surface area contributed by atoms with E-state index in [1.165, 1.54) is 0 Å². The van der Waals surface area contributed by atoms with Crippen molar-refractivity contribution in [3.05, 3.63) is 0 Å². The number of thiocarbonyl (C=S) groups is 2. The van der Waals surface area contributed by atoms with Crippen molar-refractivity contribution in [1.29, 1.82) is 0 Å². The molecule has 0 fully saturated rings. The molecule has 0 aromatic rings. The first-order valence-corrected chi connectivity index (χ1v) is 8.77. The molecule has 110 valence electrons. The summed E-state index contributed by atoms with van der Waals surface area (Å²) in [7, 11) is 0. The molecule has 0 saturated carbocycles. The third kappa shape index (κ3) is 36.0. The van der Waals surface area contributed by atoms with Crippen molar-refractivity contribution >= 4 is 81.8 Å². The molecule has 0 bridgehead atoms. The number of ether oxygens (including phenoxy) is 2. The van der Waals surface area contributed by atoms with Gasteiger partial charge in [0, 0.05) is 0 Å². The largest absolute Gasteiger partial charge is 0.479 e. The molecule has 0 saturated heterocycles. The lowest BCUT2D eigenvalue weighted by atomic mass is 10.4. The molecular weight excluding hydrogens is 345 g/mol. The van der Waals surface area contributed by atoms with Crippen LogP contribution in [0.2, 0.25) is 0 Å². The van der Waals surface area contributed by atoms with Crippen LogP contribution in [0.5, 0.6) is 0 Å². The normalized spacial score (nSPS) is 8.11. The molecule has 0 radical (unpaired) electrons. The summed E-state index contributed by atoms with van der Waals surface area (Å²) in [6.07, 6.45) is 4.38. The van der Waals surface area contributed by atoms with Gasteiger partial charge in [0.15, 0.2) is 0 Å². The lowest BCUT2D eigenvalue weighted by molar-refractivity contribution is 0.313. The molecule has 0 spiro atoms. The number of thiol groups is 4. The quantitative estimate of drug-likeness (QED) is 0.234. The van der Waals surface area contributed by atoms with E-state index >= 15 is 0 Å². The Bertz CT molecular complexity index is 169. The van der Waals surface area contributed by atoms with Crippen LogP contribution in [0.4, 0.5) is 0 Å². The highest BCUT2D eigenvalue weighted by atomic mass is 33.1. The van der Waals surface area contributed by atoms with Crippen LogP contribution in [0.3, 0.4) is 0 Å². The Balaban J connectivity index is -0.000000219. The molecule has 18 heavy (non-hydrogen) atoms. The van der Waals surface area contributed by atoms with Crippen LogP contribution in [0.25, 0.3) is 0 Å². The van der Waals surface area contributed by atoms with Crippen LogP contribution in [-0.4, -0.2) is 22.0 Å². The summed E-state index contributed by atoms with van der Waals surface area (Å²) in [5.41, 5.74) is 0. The summed E-state index contributed by atoms with van der Waals surface area (Å²) in [5, 5.41) is 0. The highest BCUT2D eigenvalue weighted by Gasteiger charge is 1.86.